The Kier molecular flexibility index (Phi) is 4.88. The molecule has 3 aromatic rings. The number of aromatic nitrogens is 1. The van der Waals surface area contributed by atoms with Gasteiger partial charge in [0.25, 0.3) is 0 Å². The lowest BCUT2D eigenvalue weighted by Crippen LogP contribution is -2.61. The first kappa shape index (κ1) is 19.3. The van der Waals surface area contributed by atoms with E-state index in [1.54, 1.807) is 0 Å². The number of hydrogen-bond donors (Lipinski definition) is 2. The zero-order chi connectivity index (χ0) is 20.7. The molecule has 2 atom stereocenters. The van der Waals surface area contributed by atoms with Crippen LogP contribution in [0.2, 0.25) is 0 Å². The zero-order valence-corrected chi connectivity index (χ0v) is 17.7. The summed E-state index contributed by atoms with van der Waals surface area (Å²) in [7, 11) is 2.16. The van der Waals surface area contributed by atoms with E-state index in [0.29, 0.717) is 6.61 Å². The van der Waals surface area contributed by atoms with Gasteiger partial charge in [0.1, 0.15) is 6.04 Å². The van der Waals surface area contributed by atoms with E-state index in [4.69, 9.17) is 4.74 Å². The molecule has 2 aliphatic heterocycles. The Hall–Kier alpha value is -2.63. The van der Waals surface area contributed by atoms with Crippen LogP contribution in [-0.2, 0) is 15.1 Å². The van der Waals surface area contributed by atoms with Crippen molar-refractivity contribution < 1.29 is 9.53 Å². The number of piperidine rings is 1. The first-order chi connectivity index (χ1) is 14.6. The van der Waals surface area contributed by atoms with E-state index in [1.807, 2.05) is 25.1 Å². The number of nitrogens with one attached hydrogen (secondary N) is 2. The fraction of sp³-hybridized carbons (Fsp3) is 0.400. The van der Waals surface area contributed by atoms with Gasteiger partial charge in [-0.05, 0) is 57.1 Å². The summed E-state index contributed by atoms with van der Waals surface area (Å²) in [5.74, 6) is -0.262. The van der Waals surface area contributed by atoms with Crippen molar-refractivity contribution in [1.29, 1.82) is 0 Å². The molecule has 5 rings (SSSR count). The van der Waals surface area contributed by atoms with Crippen molar-refractivity contribution >= 4 is 16.9 Å². The summed E-state index contributed by atoms with van der Waals surface area (Å²) in [6.45, 7) is 4.25. The summed E-state index contributed by atoms with van der Waals surface area (Å²) in [6, 6.07) is 18.4. The number of nitrogens with zero attached hydrogens (tertiary/aromatic N) is 1. The van der Waals surface area contributed by atoms with Crippen molar-refractivity contribution in [2.45, 2.75) is 37.3 Å². The van der Waals surface area contributed by atoms with Crippen LogP contribution in [0.3, 0.4) is 0 Å². The van der Waals surface area contributed by atoms with Gasteiger partial charge in [-0.3, -0.25) is 10.1 Å². The van der Waals surface area contributed by atoms with E-state index >= 15 is 0 Å². The molecular formula is C25H29N3O2. The van der Waals surface area contributed by atoms with Crippen LogP contribution >= 0.6 is 0 Å². The molecule has 0 saturated carbocycles. The van der Waals surface area contributed by atoms with Crippen molar-refractivity contribution in [1.82, 2.24) is 15.2 Å². The lowest BCUT2D eigenvalue weighted by atomic mass is 9.71. The van der Waals surface area contributed by atoms with Gasteiger partial charge in [0.2, 0.25) is 0 Å². The van der Waals surface area contributed by atoms with Gasteiger partial charge in [0.05, 0.1) is 12.1 Å². The van der Waals surface area contributed by atoms with Crippen molar-refractivity contribution in [2.75, 3.05) is 26.7 Å². The van der Waals surface area contributed by atoms with Crippen LogP contribution in [0, 0.1) is 0 Å². The van der Waals surface area contributed by atoms with E-state index in [-0.39, 0.29) is 17.4 Å². The molecule has 2 aromatic carbocycles. The minimum absolute atomic E-state index is 0.0957. The van der Waals surface area contributed by atoms with Crippen LogP contribution in [0.4, 0.5) is 0 Å². The number of carbonyl (C=O) groups is 1. The summed E-state index contributed by atoms with van der Waals surface area (Å²) in [5, 5.41) is 5.01. The number of esters is 1. The summed E-state index contributed by atoms with van der Waals surface area (Å²) in [5.41, 5.74) is 4.51. The van der Waals surface area contributed by atoms with Crippen LogP contribution < -0.4 is 5.32 Å². The zero-order valence-electron chi connectivity index (χ0n) is 17.7. The molecule has 5 nitrogen and oxygen atoms in total. The number of rotatable bonds is 3. The molecule has 0 radical (unpaired) electrons. The Morgan fingerprint density at radius 1 is 1.10 bits per heavy atom. The molecular weight excluding hydrogens is 374 g/mol. The molecule has 1 aromatic heterocycles. The largest absolute Gasteiger partial charge is 0.465 e. The average molecular weight is 404 g/mol. The van der Waals surface area contributed by atoms with Gasteiger partial charge >= 0.3 is 5.97 Å². The number of likely N-dealkylation sites (tertiary alicyclic amines) is 1. The first-order valence-electron chi connectivity index (χ1n) is 10.9. The van der Waals surface area contributed by atoms with E-state index in [0.717, 1.165) is 37.0 Å². The van der Waals surface area contributed by atoms with Crippen LogP contribution in [0.25, 0.3) is 10.9 Å². The number of carbonyl (C=O) groups excluding carboxylic acids is 1. The minimum Gasteiger partial charge on any atom is -0.465 e. The quantitative estimate of drug-likeness (QED) is 0.654. The number of H-pyrrole nitrogens is 1. The molecule has 0 bridgehead atoms. The van der Waals surface area contributed by atoms with E-state index in [1.165, 1.54) is 16.6 Å². The second-order valence-corrected chi connectivity index (χ2v) is 8.61. The lowest BCUT2D eigenvalue weighted by Gasteiger charge is -2.48. The minimum atomic E-state index is -0.414. The third-order valence-corrected chi connectivity index (χ3v) is 6.84. The smallest absolute Gasteiger partial charge is 0.324 e. The van der Waals surface area contributed by atoms with Crippen LogP contribution in [0.15, 0.2) is 54.6 Å². The maximum Gasteiger partial charge on any atom is 0.324 e. The normalized spacial score (nSPS) is 23.4. The first-order valence-corrected chi connectivity index (χ1v) is 10.9. The van der Waals surface area contributed by atoms with Crippen molar-refractivity contribution in [2.24, 2.45) is 0 Å². The Morgan fingerprint density at radius 2 is 1.80 bits per heavy atom. The standard InChI is InChI=1S/C25H29N3O2/c1-3-30-24(29)22-20(17-9-5-4-6-10-17)21-18-11-7-8-12-19(18)26-23(21)25(27-22)13-15-28(2)16-14-25/h4-12,20,22,26-27H,3,13-16H2,1-2H3/t20-,22-/m0/s1. The highest BCUT2D eigenvalue weighted by Crippen LogP contribution is 2.48. The molecule has 1 spiro atoms. The van der Waals surface area contributed by atoms with Crippen LogP contribution in [0.1, 0.15) is 42.5 Å². The predicted octanol–water partition coefficient (Wildman–Crippen LogP) is 3.76. The maximum absolute atomic E-state index is 13.2. The second kappa shape index (κ2) is 7.56. The SMILES string of the molecule is CCOC(=O)[C@H]1NC2(CCN(C)CC2)c2[nH]c3ccccc3c2[C@@H]1c1ccccc1. The fourth-order valence-electron chi connectivity index (χ4n) is 5.33. The van der Waals surface area contributed by atoms with Crippen LogP contribution in [-0.4, -0.2) is 48.6 Å². The molecule has 0 aliphatic carbocycles. The molecule has 0 amide bonds. The predicted molar refractivity (Wildman–Crippen MR) is 119 cm³/mol. The van der Waals surface area contributed by atoms with Gasteiger partial charge in [-0.1, -0.05) is 48.5 Å². The van der Waals surface area contributed by atoms with Crippen LogP contribution in [0.5, 0.6) is 0 Å². The monoisotopic (exact) mass is 403 g/mol. The van der Waals surface area contributed by atoms with Crippen molar-refractivity contribution in [3.8, 4) is 0 Å². The second-order valence-electron chi connectivity index (χ2n) is 8.61. The topological polar surface area (TPSA) is 57.4 Å². The molecule has 156 valence electrons. The number of hydrogen-bond acceptors (Lipinski definition) is 4. The molecule has 1 saturated heterocycles. The van der Waals surface area contributed by atoms with Crippen molar-refractivity contribution in [3.05, 3.63) is 71.4 Å². The van der Waals surface area contributed by atoms with Gasteiger partial charge in [-0.2, -0.15) is 0 Å². The summed E-state index contributed by atoms with van der Waals surface area (Å²) < 4.78 is 5.57. The Balaban J connectivity index is 1.75. The van der Waals surface area contributed by atoms with Gasteiger partial charge in [-0.25, -0.2) is 0 Å². The Bertz CT molecular complexity index is 1050. The maximum atomic E-state index is 13.2. The highest BCUT2D eigenvalue weighted by molar-refractivity contribution is 5.89. The fourth-order valence-corrected chi connectivity index (χ4v) is 5.33. The molecule has 2 aliphatic rings. The summed E-state index contributed by atoms with van der Waals surface area (Å²) >= 11 is 0. The number of benzene rings is 2. The number of fused-ring (bicyclic) bond motifs is 4. The molecule has 30 heavy (non-hydrogen) atoms. The summed E-state index contributed by atoms with van der Waals surface area (Å²) in [4.78, 5) is 19.3. The third-order valence-electron chi connectivity index (χ3n) is 6.84. The van der Waals surface area contributed by atoms with Gasteiger partial charge < -0.3 is 14.6 Å². The Morgan fingerprint density at radius 3 is 2.53 bits per heavy atom. The highest BCUT2D eigenvalue weighted by atomic mass is 16.5. The van der Waals surface area contributed by atoms with E-state index < -0.39 is 6.04 Å². The van der Waals surface area contributed by atoms with E-state index in [2.05, 4.69) is 58.6 Å². The Labute approximate surface area is 177 Å². The number of ether oxygens (including phenoxy) is 1. The van der Waals surface area contributed by atoms with Crippen molar-refractivity contribution in [3.63, 3.8) is 0 Å². The highest BCUT2D eigenvalue weighted by Gasteiger charge is 2.50. The van der Waals surface area contributed by atoms with E-state index in [9.17, 15) is 4.79 Å². The number of para-hydroxylation sites is 1. The summed E-state index contributed by atoms with van der Waals surface area (Å²) in [6.07, 6.45) is 1.92. The lowest BCUT2D eigenvalue weighted by molar-refractivity contribution is -0.147. The molecule has 5 heteroatoms. The molecule has 0 unspecified atom stereocenters. The third kappa shape index (κ3) is 3.04. The average Bonchev–Trinajstić information content (AvgIpc) is 3.17. The van der Waals surface area contributed by atoms with Gasteiger partial charge in [0, 0.05) is 22.5 Å². The molecule has 2 N–H and O–H groups in total. The van der Waals surface area contributed by atoms with Gasteiger partial charge in [-0.15, -0.1) is 0 Å². The van der Waals surface area contributed by atoms with Gasteiger partial charge in [0.15, 0.2) is 0 Å². The molecule has 1 fully saturated rings. The molecule has 3 heterocycles. The number of aromatic amines is 1.